The molecule has 0 amide bonds. The lowest BCUT2D eigenvalue weighted by Crippen LogP contribution is -2.31. The van der Waals surface area contributed by atoms with Gasteiger partial charge in [-0.3, -0.25) is 0 Å². The predicted molar refractivity (Wildman–Crippen MR) is 66.7 cm³/mol. The zero-order valence-corrected chi connectivity index (χ0v) is 10.7. The summed E-state index contributed by atoms with van der Waals surface area (Å²) < 4.78 is 13.0. The molecule has 0 radical (unpaired) electrons. The lowest BCUT2D eigenvalue weighted by atomic mass is 9.93. The molecule has 0 saturated carbocycles. The van der Waals surface area contributed by atoms with E-state index in [9.17, 15) is 9.50 Å². The van der Waals surface area contributed by atoms with Crippen molar-refractivity contribution in [3.8, 4) is 0 Å². The van der Waals surface area contributed by atoms with Gasteiger partial charge in [-0.1, -0.05) is 24.6 Å². The molecular formula is C13H17ClFNO. The van der Waals surface area contributed by atoms with Crippen molar-refractivity contribution in [2.24, 2.45) is 0 Å². The van der Waals surface area contributed by atoms with Crippen molar-refractivity contribution in [3.05, 3.63) is 34.6 Å². The highest BCUT2D eigenvalue weighted by Crippen LogP contribution is 2.36. The predicted octanol–water partition coefficient (Wildman–Crippen LogP) is 2.78. The van der Waals surface area contributed by atoms with Gasteiger partial charge in [-0.25, -0.2) is 4.39 Å². The Labute approximate surface area is 106 Å². The summed E-state index contributed by atoms with van der Waals surface area (Å²) in [7, 11) is 0. The minimum atomic E-state index is -0.931. The summed E-state index contributed by atoms with van der Waals surface area (Å²) >= 11 is 6.01. The molecule has 0 bridgehead atoms. The first-order chi connectivity index (χ1) is 8.05. The number of hydrogen-bond donors (Lipinski definition) is 1. The molecule has 2 rings (SSSR count). The standard InChI is InChI=1S/C13H17ClFNO/c1-2-6-16-7-5-13(17,9-16)11-4-3-10(15)8-12(11)14/h3-4,8,17H,2,5-7,9H2,1H3. The second-order valence-electron chi connectivity index (χ2n) is 4.68. The van der Waals surface area contributed by atoms with Crippen LogP contribution in [0.2, 0.25) is 5.02 Å². The maximum Gasteiger partial charge on any atom is 0.124 e. The first kappa shape index (κ1) is 12.8. The number of rotatable bonds is 3. The van der Waals surface area contributed by atoms with Gasteiger partial charge in [0, 0.05) is 23.7 Å². The number of β-amino-alcohol motifs (C(OH)–C–C–N with tert-alkyl or cyclic N) is 1. The second kappa shape index (κ2) is 4.92. The molecule has 1 aromatic carbocycles. The minimum absolute atomic E-state index is 0.311. The van der Waals surface area contributed by atoms with Crippen LogP contribution in [-0.2, 0) is 5.60 Å². The molecule has 1 aliphatic heterocycles. The fourth-order valence-corrected chi connectivity index (χ4v) is 2.81. The Morgan fingerprint density at radius 2 is 2.29 bits per heavy atom. The number of hydrogen-bond acceptors (Lipinski definition) is 2. The first-order valence-electron chi connectivity index (χ1n) is 5.95. The normalized spacial score (nSPS) is 25.4. The van der Waals surface area contributed by atoms with Gasteiger partial charge in [-0.15, -0.1) is 0 Å². The molecule has 0 aromatic heterocycles. The van der Waals surface area contributed by atoms with E-state index in [4.69, 9.17) is 11.6 Å². The number of benzene rings is 1. The van der Waals surface area contributed by atoms with Crippen LogP contribution in [0.15, 0.2) is 18.2 Å². The summed E-state index contributed by atoms with van der Waals surface area (Å²) in [5, 5.41) is 10.9. The maximum atomic E-state index is 13.0. The number of halogens is 2. The molecule has 1 aromatic rings. The van der Waals surface area contributed by atoms with Crippen molar-refractivity contribution in [3.63, 3.8) is 0 Å². The van der Waals surface area contributed by atoms with Gasteiger partial charge in [-0.05, 0) is 31.5 Å². The summed E-state index contributed by atoms with van der Waals surface area (Å²) in [5.74, 6) is -0.370. The molecule has 1 fully saturated rings. The minimum Gasteiger partial charge on any atom is -0.384 e. The van der Waals surface area contributed by atoms with E-state index in [0.717, 1.165) is 19.5 Å². The highest BCUT2D eigenvalue weighted by molar-refractivity contribution is 6.31. The van der Waals surface area contributed by atoms with Gasteiger partial charge in [0.15, 0.2) is 0 Å². The van der Waals surface area contributed by atoms with Crippen LogP contribution in [0.25, 0.3) is 0 Å². The molecule has 1 heterocycles. The number of aliphatic hydroxyl groups is 1. The van der Waals surface area contributed by atoms with E-state index in [1.807, 2.05) is 0 Å². The van der Waals surface area contributed by atoms with Crippen LogP contribution in [0.4, 0.5) is 4.39 Å². The Balaban J connectivity index is 2.21. The lowest BCUT2D eigenvalue weighted by Gasteiger charge is -2.25. The highest BCUT2D eigenvalue weighted by atomic mass is 35.5. The van der Waals surface area contributed by atoms with Gasteiger partial charge in [0.25, 0.3) is 0 Å². The van der Waals surface area contributed by atoms with Crippen LogP contribution in [0.3, 0.4) is 0 Å². The average molecular weight is 258 g/mol. The molecule has 0 spiro atoms. The van der Waals surface area contributed by atoms with Gasteiger partial charge in [0.2, 0.25) is 0 Å². The molecule has 0 aliphatic carbocycles. The van der Waals surface area contributed by atoms with E-state index in [0.29, 0.717) is 23.6 Å². The van der Waals surface area contributed by atoms with Crippen molar-refractivity contribution in [1.82, 2.24) is 4.90 Å². The van der Waals surface area contributed by atoms with Gasteiger partial charge >= 0.3 is 0 Å². The molecule has 1 aliphatic rings. The fraction of sp³-hybridized carbons (Fsp3) is 0.538. The molecule has 1 N–H and O–H groups in total. The van der Waals surface area contributed by atoms with Gasteiger partial charge in [0.05, 0.1) is 0 Å². The van der Waals surface area contributed by atoms with Gasteiger partial charge in [0.1, 0.15) is 11.4 Å². The Kier molecular flexibility index (Phi) is 3.71. The summed E-state index contributed by atoms with van der Waals surface area (Å²) in [4.78, 5) is 2.21. The third-order valence-corrected chi connectivity index (χ3v) is 3.61. The molecule has 2 nitrogen and oxygen atoms in total. The fourth-order valence-electron chi connectivity index (χ4n) is 2.46. The van der Waals surface area contributed by atoms with Gasteiger partial charge in [-0.2, -0.15) is 0 Å². The maximum absolute atomic E-state index is 13.0. The average Bonchev–Trinajstić information content (AvgIpc) is 2.61. The summed E-state index contributed by atoms with van der Waals surface area (Å²) in [6.45, 7) is 4.52. The molecule has 1 saturated heterocycles. The monoisotopic (exact) mass is 257 g/mol. The quantitative estimate of drug-likeness (QED) is 0.900. The zero-order chi connectivity index (χ0) is 12.5. The Morgan fingerprint density at radius 1 is 1.53 bits per heavy atom. The van der Waals surface area contributed by atoms with Crippen LogP contribution in [0, 0.1) is 5.82 Å². The van der Waals surface area contributed by atoms with Gasteiger partial charge < -0.3 is 10.0 Å². The summed E-state index contributed by atoms with van der Waals surface area (Å²) in [5.41, 5.74) is -0.292. The molecule has 17 heavy (non-hydrogen) atoms. The van der Waals surface area contributed by atoms with Crippen LogP contribution in [0.1, 0.15) is 25.3 Å². The largest absolute Gasteiger partial charge is 0.384 e. The van der Waals surface area contributed by atoms with E-state index < -0.39 is 5.60 Å². The third-order valence-electron chi connectivity index (χ3n) is 3.30. The van der Waals surface area contributed by atoms with Crippen LogP contribution in [0.5, 0.6) is 0 Å². The molecule has 1 unspecified atom stereocenters. The first-order valence-corrected chi connectivity index (χ1v) is 6.33. The third kappa shape index (κ3) is 2.62. The molecule has 1 atom stereocenters. The lowest BCUT2D eigenvalue weighted by molar-refractivity contribution is 0.0462. The summed E-state index contributed by atoms with van der Waals surface area (Å²) in [6.07, 6.45) is 1.71. The van der Waals surface area contributed by atoms with E-state index >= 15 is 0 Å². The Hall–Kier alpha value is -0.640. The van der Waals surface area contributed by atoms with Crippen LogP contribution < -0.4 is 0 Å². The molecule has 94 valence electrons. The Morgan fingerprint density at radius 3 is 2.94 bits per heavy atom. The van der Waals surface area contributed by atoms with Crippen molar-refractivity contribution in [2.75, 3.05) is 19.6 Å². The Bertz CT molecular complexity index is 412. The van der Waals surface area contributed by atoms with E-state index in [1.165, 1.54) is 12.1 Å². The smallest absolute Gasteiger partial charge is 0.124 e. The topological polar surface area (TPSA) is 23.5 Å². The van der Waals surface area contributed by atoms with E-state index in [2.05, 4.69) is 11.8 Å². The van der Waals surface area contributed by atoms with Crippen molar-refractivity contribution in [1.29, 1.82) is 0 Å². The molecular weight excluding hydrogens is 241 g/mol. The van der Waals surface area contributed by atoms with Crippen molar-refractivity contribution < 1.29 is 9.50 Å². The second-order valence-corrected chi connectivity index (χ2v) is 5.09. The summed E-state index contributed by atoms with van der Waals surface area (Å²) in [6, 6.07) is 4.20. The highest BCUT2D eigenvalue weighted by Gasteiger charge is 2.38. The number of likely N-dealkylation sites (tertiary alicyclic amines) is 1. The van der Waals surface area contributed by atoms with Crippen LogP contribution in [-0.4, -0.2) is 29.6 Å². The van der Waals surface area contributed by atoms with Crippen molar-refractivity contribution >= 4 is 11.6 Å². The van der Waals surface area contributed by atoms with E-state index in [-0.39, 0.29) is 5.82 Å². The molecule has 4 heteroatoms. The van der Waals surface area contributed by atoms with Crippen molar-refractivity contribution in [2.45, 2.75) is 25.4 Å². The number of nitrogens with zero attached hydrogens (tertiary/aromatic N) is 1. The zero-order valence-electron chi connectivity index (χ0n) is 9.92. The SMILES string of the molecule is CCCN1CCC(O)(c2ccc(F)cc2Cl)C1. The van der Waals surface area contributed by atoms with Crippen LogP contribution >= 0.6 is 11.6 Å². The van der Waals surface area contributed by atoms with E-state index in [1.54, 1.807) is 6.07 Å².